The van der Waals surface area contributed by atoms with Gasteiger partial charge in [-0.2, -0.15) is 0 Å². The van der Waals surface area contributed by atoms with Gasteiger partial charge in [0, 0.05) is 24.7 Å². The van der Waals surface area contributed by atoms with Crippen LogP contribution >= 0.6 is 11.5 Å². The van der Waals surface area contributed by atoms with Gasteiger partial charge in [-0.3, -0.25) is 0 Å². The van der Waals surface area contributed by atoms with Crippen LogP contribution in [0.2, 0.25) is 0 Å². The summed E-state index contributed by atoms with van der Waals surface area (Å²) >= 11 is 1.37. The molecular weight excluding hydrogens is 238 g/mol. The summed E-state index contributed by atoms with van der Waals surface area (Å²) in [5.41, 5.74) is 0.880. The molecule has 1 aromatic heterocycles. The molecule has 0 aliphatic rings. The number of anilines is 1. The summed E-state index contributed by atoms with van der Waals surface area (Å²) in [7, 11) is 0. The summed E-state index contributed by atoms with van der Waals surface area (Å²) < 4.78 is 14.8. The quantitative estimate of drug-likeness (QED) is 0.653. The summed E-state index contributed by atoms with van der Waals surface area (Å²) in [5.74, 6) is 0. The van der Waals surface area contributed by atoms with E-state index in [4.69, 9.17) is 9.47 Å². The second kappa shape index (κ2) is 9.32. The SMILES string of the molecule is CCCCOCCOCc1nnsc1NCC. The summed E-state index contributed by atoms with van der Waals surface area (Å²) in [4.78, 5) is 0. The molecule has 0 saturated heterocycles. The molecule has 0 aliphatic carbocycles. The first-order chi connectivity index (χ1) is 8.38. The number of nitrogens with zero attached hydrogens (tertiary/aromatic N) is 2. The first-order valence-electron chi connectivity index (χ1n) is 6.09. The lowest BCUT2D eigenvalue weighted by Crippen LogP contribution is -2.06. The number of nitrogens with one attached hydrogen (secondary N) is 1. The maximum absolute atomic E-state index is 5.48. The van der Waals surface area contributed by atoms with E-state index in [-0.39, 0.29) is 0 Å². The molecule has 0 fully saturated rings. The van der Waals surface area contributed by atoms with Crippen LogP contribution in [0.15, 0.2) is 0 Å². The first-order valence-corrected chi connectivity index (χ1v) is 6.86. The third-order valence-corrected chi connectivity index (χ3v) is 2.87. The van der Waals surface area contributed by atoms with Gasteiger partial charge >= 0.3 is 0 Å². The molecule has 1 heterocycles. The summed E-state index contributed by atoms with van der Waals surface area (Å²) in [6, 6.07) is 0. The zero-order valence-electron chi connectivity index (χ0n) is 10.6. The van der Waals surface area contributed by atoms with Crippen LogP contribution in [0.1, 0.15) is 32.4 Å². The molecule has 5 nitrogen and oxygen atoms in total. The largest absolute Gasteiger partial charge is 0.379 e. The molecule has 0 unspecified atom stereocenters. The van der Waals surface area contributed by atoms with E-state index < -0.39 is 0 Å². The second-order valence-corrected chi connectivity index (χ2v) is 4.35. The summed E-state index contributed by atoms with van der Waals surface area (Å²) in [6.45, 7) is 7.64. The highest BCUT2D eigenvalue weighted by Crippen LogP contribution is 2.17. The minimum atomic E-state index is 0.496. The van der Waals surface area contributed by atoms with Crippen LogP contribution in [0, 0.1) is 0 Å². The molecule has 17 heavy (non-hydrogen) atoms. The molecule has 6 heteroatoms. The Bertz CT molecular complexity index is 294. The smallest absolute Gasteiger partial charge is 0.135 e. The predicted molar refractivity (Wildman–Crippen MR) is 69.5 cm³/mol. The number of aromatic nitrogens is 2. The van der Waals surface area contributed by atoms with E-state index in [0.29, 0.717) is 19.8 Å². The van der Waals surface area contributed by atoms with Crippen molar-refractivity contribution in [1.29, 1.82) is 0 Å². The van der Waals surface area contributed by atoms with Crippen molar-refractivity contribution in [2.45, 2.75) is 33.3 Å². The number of hydrogen-bond acceptors (Lipinski definition) is 6. The number of rotatable bonds is 10. The molecule has 0 bridgehead atoms. The Balaban J connectivity index is 2.07. The van der Waals surface area contributed by atoms with Crippen LogP contribution in [0.4, 0.5) is 5.00 Å². The molecule has 0 amide bonds. The Labute approximate surface area is 107 Å². The number of ether oxygens (including phenoxy) is 2. The molecular formula is C11H21N3O2S. The van der Waals surface area contributed by atoms with Gasteiger partial charge in [-0.05, 0) is 13.3 Å². The maximum atomic E-state index is 5.48. The Morgan fingerprint density at radius 1 is 1.18 bits per heavy atom. The van der Waals surface area contributed by atoms with Crippen molar-refractivity contribution in [3.63, 3.8) is 0 Å². The lowest BCUT2D eigenvalue weighted by molar-refractivity contribution is 0.0387. The Morgan fingerprint density at radius 2 is 2.00 bits per heavy atom. The van der Waals surface area contributed by atoms with E-state index in [9.17, 15) is 0 Å². The van der Waals surface area contributed by atoms with E-state index in [1.165, 1.54) is 11.5 Å². The second-order valence-electron chi connectivity index (χ2n) is 3.60. The minimum absolute atomic E-state index is 0.496. The molecule has 0 spiro atoms. The van der Waals surface area contributed by atoms with Crippen molar-refractivity contribution in [2.24, 2.45) is 0 Å². The zero-order chi connectivity index (χ0) is 12.3. The zero-order valence-corrected chi connectivity index (χ0v) is 11.4. The van der Waals surface area contributed by atoms with Gasteiger partial charge in [0.05, 0.1) is 19.8 Å². The molecule has 0 radical (unpaired) electrons. The molecule has 0 atom stereocenters. The number of hydrogen-bond donors (Lipinski definition) is 1. The predicted octanol–water partition coefficient (Wildman–Crippen LogP) is 2.30. The highest BCUT2D eigenvalue weighted by atomic mass is 32.1. The summed E-state index contributed by atoms with van der Waals surface area (Å²) in [5, 5.41) is 8.23. The topological polar surface area (TPSA) is 56.3 Å². The average molecular weight is 259 g/mol. The van der Waals surface area contributed by atoms with Gasteiger partial charge in [-0.1, -0.05) is 17.8 Å². The highest BCUT2D eigenvalue weighted by Gasteiger charge is 2.06. The highest BCUT2D eigenvalue weighted by molar-refractivity contribution is 7.10. The van der Waals surface area contributed by atoms with Crippen LogP contribution < -0.4 is 5.32 Å². The van der Waals surface area contributed by atoms with Gasteiger partial charge in [0.15, 0.2) is 0 Å². The van der Waals surface area contributed by atoms with E-state index in [2.05, 4.69) is 21.8 Å². The fourth-order valence-corrected chi connectivity index (χ4v) is 1.87. The van der Waals surface area contributed by atoms with Gasteiger partial charge < -0.3 is 14.8 Å². The minimum Gasteiger partial charge on any atom is -0.379 e. The third-order valence-electron chi connectivity index (χ3n) is 2.15. The van der Waals surface area contributed by atoms with Crippen molar-refractivity contribution in [2.75, 3.05) is 31.7 Å². The van der Waals surface area contributed by atoms with Gasteiger partial charge in [0.1, 0.15) is 10.7 Å². The Hall–Kier alpha value is -0.720. The van der Waals surface area contributed by atoms with E-state index in [1.54, 1.807) is 0 Å². The van der Waals surface area contributed by atoms with Crippen molar-refractivity contribution in [3.8, 4) is 0 Å². The number of unbranched alkanes of at least 4 members (excludes halogenated alkanes) is 1. The van der Waals surface area contributed by atoms with Crippen molar-refractivity contribution < 1.29 is 9.47 Å². The molecule has 0 aromatic carbocycles. The third kappa shape index (κ3) is 5.95. The fourth-order valence-electron chi connectivity index (χ4n) is 1.23. The van der Waals surface area contributed by atoms with Crippen LogP contribution in [-0.2, 0) is 16.1 Å². The normalized spacial score (nSPS) is 10.7. The van der Waals surface area contributed by atoms with E-state index >= 15 is 0 Å². The Kier molecular flexibility index (Phi) is 7.87. The lowest BCUT2D eigenvalue weighted by atomic mass is 10.4. The van der Waals surface area contributed by atoms with Gasteiger partial charge in [-0.15, -0.1) is 5.10 Å². The average Bonchev–Trinajstić information content (AvgIpc) is 2.76. The molecule has 98 valence electrons. The molecule has 0 aliphatic heterocycles. The van der Waals surface area contributed by atoms with Gasteiger partial charge in [0.2, 0.25) is 0 Å². The van der Waals surface area contributed by atoms with Crippen molar-refractivity contribution in [1.82, 2.24) is 9.59 Å². The maximum Gasteiger partial charge on any atom is 0.135 e. The van der Waals surface area contributed by atoms with Crippen LogP contribution in [0.5, 0.6) is 0 Å². The lowest BCUT2D eigenvalue weighted by Gasteiger charge is -2.05. The van der Waals surface area contributed by atoms with Gasteiger partial charge in [-0.25, -0.2) is 0 Å². The van der Waals surface area contributed by atoms with E-state index in [1.807, 2.05) is 6.92 Å². The van der Waals surface area contributed by atoms with Crippen LogP contribution in [-0.4, -0.2) is 36.0 Å². The molecule has 0 saturated carbocycles. The van der Waals surface area contributed by atoms with Crippen molar-refractivity contribution in [3.05, 3.63) is 5.69 Å². The fraction of sp³-hybridized carbons (Fsp3) is 0.818. The van der Waals surface area contributed by atoms with Crippen LogP contribution in [0.3, 0.4) is 0 Å². The van der Waals surface area contributed by atoms with Crippen molar-refractivity contribution >= 4 is 16.5 Å². The van der Waals surface area contributed by atoms with E-state index in [0.717, 1.165) is 36.7 Å². The monoisotopic (exact) mass is 259 g/mol. The molecule has 1 N–H and O–H groups in total. The Morgan fingerprint density at radius 3 is 2.76 bits per heavy atom. The molecule has 1 aromatic rings. The molecule has 1 rings (SSSR count). The summed E-state index contributed by atoms with van der Waals surface area (Å²) in [6.07, 6.45) is 2.28. The van der Waals surface area contributed by atoms with Crippen LogP contribution in [0.25, 0.3) is 0 Å². The first kappa shape index (κ1) is 14.3. The standard InChI is InChI=1S/C11H21N3O2S/c1-3-5-6-15-7-8-16-9-10-11(12-4-2)17-14-13-10/h12H,3-9H2,1-2H3. The van der Waals surface area contributed by atoms with Gasteiger partial charge in [0.25, 0.3) is 0 Å².